The number of rotatable bonds is 16. The number of benzene rings is 2. The second-order valence-electron chi connectivity index (χ2n) is 23.2. The minimum Gasteiger partial charge on any atom is -0.493 e. The number of carbonyl (C=O) groups excluding carboxylic acids is 5. The van der Waals surface area contributed by atoms with E-state index >= 15 is 0 Å². The molecular weight excluding hydrogens is 1230 g/mol. The number of amides is 5. The van der Waals surface area contributed by atoms with Crippen LogP contribution in [0.2, 0.25) is 0 Å². The normalized spacial score (nSPS) is 17.1. The zero-order chi connectivity index (χ0) is 61.6. The van der Waals surface area contributed by atoms with Gasteiger partial charge in [-0.15, -0.1) is 12.4 Å². The molecular formula is C68H91BrClN11O9. The molecule has 2 aromatic carbocycles. The number of fused-ring (bicyclic) bond motifs is 3. The molecule has 3 fully saturated rings. The molecule has 22 heteroatoms. The topological polar surface area (TPSA) is 240 Å². The van der Waals surface area contributed by atoms with Crippen LogP contribution in [0.15, 0.2) is 89.8 Å². The molecule has 6 N–H and O–H groups in total. The number of pyridine rings is 3. The van der Waals surface area contributed by atoms with Gasteiger partial charge in [0.15, 0.2) is 23.0 Å². The van der Waals surface area contributed by atoms with E-state index in [1.807, 2.05) is 68.4 Å². The van der Waals surface area contributed by atoms with Crippen molar-refractivity contribution in [2.45, 2.75) is 168 Å². The number of likely N-dealkylation sites (N-methyl/N-ethyl adjacent to an activating group) is 2. The number of hydrogen-bond donors (Lipinski definition) is 6. The first-order chi connectivity index (χ1) is 42.1. The van der Waals surface area contributed by atoms with Crippen LogP contribution < -0.4 is 50.8 Å². The Hall–Kier alpha value is -7.43. The van der Waals surface area contributed by atoms with Crippen LogP contribution in [0.3, 0.4) is 0 Å². The van der Waals surface area contributed by atoms with Gasteiger partial charge in [-0.1, -0.05) is 91.5 Å². The van der Waals surface area contributed by atoms with Gasteiger partial charge < -0.3 is 44.7 Å². The van der Waals surface area contributed by atoms with Crippen LogP contribution in [-0.2, 0) is 56.7 Å². The van der Waals surface area contributed by atoms with E-state index in [2.05, 4.69) is 62.8 Å². The standard InChI is InChI=1S/2C27H34N4O4.C12H14BrN3O.2CH4.ClH/c2*1-4-14-35-24-20(8-7-9-22(24)34-3)18-31(2)23(32)11-10-19-15-21-17-29-27(12-5-6-13-27)26(33)30-25(21)28-16-19;13-9-5-8-6-15-12(3-1-2-4-12)11(17)16-10(8)14-7-9;;;/h2*7-11,15-16,29H,4-6,12-14,17-18H2,1-3H3,(H,28,30,33);5,7,15H,1-4,6H2,(H,14,16,17);2*1H4;1H/b2*11-10+;;;;. The van der Waals surface area contributed by atoms with Crippen LogP contribution in [0.5, 0.6) is 23.0 Å². The molecule has 0 atom stereocenters. The van der Waals surface area contributed by atoms with E-state index in [-0.39, 0.29) is 62.3 Å². The van der Waals surface area contributed by atoms with E-state index in [0.717, 1.165) is 133 Å². The lowest BCUT2D eigenvalue weighted by molar-refractivity contribution is -0.126. The molecule has 6 heterocycles. The van der Waals surface area contributed by atoms with Gasteiger partial charge in [-0.2, -0.15) is 0 Å². The van der Waals surface area contributed by atoms with E-state index in [1.165, 1.54) is 12.2 Å². The smallest absolute Gasteiger partial charge is 0.246 e. The Balaban J connectivity index is 0.000000223. The summed E-state index contributed by atoms with van der Waals surface area (Å²) in [6, 6.07) is 17.3. The molecule has 0 saturated heterocycles. The summed E-state index contributed by atoms with van der Waals surface area (Å²) in [6.45, 7) is 7.84. The van der Waals surface area contributed by atoms with Crippen molar-refractivity contribution in [1.29, 1.82) is 0 Å². The molecule has 11 rings (SSSR count). The number of nitrogens with one attached hydrogen (secondary N) is 6. The summed E-state index contributed by atoms with van der Waals surface area (Å²) in [7, 11) is 6.73. The summed E-state index contributed by atoms with van der Waals surface area (Å²) in [4.78, 5) is 79.9. The third kappa shape index (κ3) is 17.1. The lowest BCUT2D eigenvalue weighted by Gasteiger charge is -2.26. The number of carbonyl (C=O) groups is 5. The van der Waals surface area contributed by atoms with Gasteiger partial charge in [-0.05, 0) is 121 Å². The summed E-state index contributed by atoms with van der Waals surface area (Å²) in [5.74, 6) is 4.32. The number of ether oxygens (including phenoxy) is 4. The molecule has 3 aliphatic heterocycles. The minimum absolute atomic E-state index is 0. The van der Waals surface area contributed by atoms with Gasteiger partial charge in [-0.3, -0.25) is 39.9 Å². The van der Waals surface area contributed by atoms with E-state index in [1.54, 1.807) is 68.9 Å². The van der Waals surface area contributed by atoms with Crippen LogP contribution in [0.4, 0.5) is 17.5 Å². The van der Waals surface area contributed by atoms with Crippen molar-refractivity contribution in [2.75, 3.05) is 57.5 Å². The number of para-hydroxylation sites is 2. The molecule has 5 amide bonds. The summed E-state index contributed by atoms with van der Waals surface area (Å²) in [5.41, 5.74) is 4.90. The molecule has 3 aromatic heterocycles. The first-order valence-electron chi connectivity index (χ1n) is 30.4. The number of hydrogen-bond acceptors (Lipinski definition) is 15. The second kappa shape index (κ2) is 33.1. The molecule has 0 bridgehead atoms. The number of methoxy groups -OCH3 is 2. The maximum absolute atomic E-state index is 12.8. The molecule has 0 unspecified atom stereocenters. The van der Waals surface area contributed by atoms with Gasteiger partial charge in [-0.25, -0.2) is 15.0 Å². The monoisotopic (exact) mass is 1320 g/mol. The van der Waals surface area contributed by atoms with Gasteiger partial charge in [0.1, 0.15) is 17.5 Å². The Kier molecular flexibility index (Phi) is 26.3. The van der Waals surface area contributed by atoms with Crippen LogP contribution in [0.25, 0.3) is 12.2 Å². The maximum Gasteiger partial charge on any atom is 0.246 e. The zero-order valence-corrected chi connectivity index (χ0v) is 53.7. The van der Waals surface area contributed by atoms with E-state index in [9.17, 15) is 24.0 Å². The van der Waals surface area contributed by atoms with E-state index in [4.69, 9.17) is 18.9 Å². The number of nitrogens with zero attached hydrogens (tertiary/aromatic N) is 5. The fourth-order valence-corrected chi connectivity index (χ4v) is 12.4. The largest absolute Gasteiger partial charge is 0.493 e. The predicted molar refractivity (Wildman–Crippen MR) is 360 cm³/mol. The highest BCUT2D eigenvalue weighted by atomic mass is 79.9. The van der Waals surface area contributed by atoms with Crippen LogP contribution >= 0.6 is 28.3 Å². The van der Waals surface area contributed by atoms with Crippen LogP contribution in [0, 0.1) is 0 Å². The number of anilines is 3. The van der Waals surface area contributed by atoms with Crippen molar-refractivity contribution in [2.24, 2.45) is 0 Å². The fourth-order valence-electron chi connectivity index (χ4n) is 12.0. The Labute approximate surface area is 545 Å². The highest BCUT2D eigenvalue weighted by molar-refractivity contribution is 9.10. The molecule has 486 valence electrons. The van der Waals surface area contributed by atoms with Crippen molar-refractivity contribution in [3.63, 3.8) is 0 Å². The quantitative estimate of drug-likeness (QED) is 0.0504. The predicted octanol–water partition coefficient (Wildman–Crippen LogP) is 11.7. The Morgan fingerprint density at radius 1 is 0.556 bits per heavy atom. The molecule has 0 radical (unpaired) electrons. The molecule has 6 aliphatic rings. The third-order valence-corrected chi connectivity index (χ3v) is 17.4. The first kappa shape index (κ1) is 71.6. The highest BCUT2D eigenvalue weighted by Gasteiger charge is 2.45. The average molecular weight is 1320 g/mol. The zero-order valence-electron chi connectivity index (χ0n) is 51.3. The van der Waals surface area contributed by atoms with Crippen molar-refractivity contribution >= 4 is 87.5 Å². The Bertz CT molecular complexity index is 3190. The van der Waals surface area contributed by atoms with Gasteiger partial charge in [0, 0.05) is 110 Å². The summed E-state index contributed by atoms with van der Waals surface area (Å²) in [6.07, 6.45) is 25.1. The third-order valence-electron chi connectivity index (χ3n) is 17.0. The molecule has 3 saturated carbocycles. The molecule has 3 spiro atoms. The van der Waals surface area contributed by atoms with Gasteiger partial charge in [0.05, 0.1) is 44.1 Å². The van der Waals surface area contributed by atoms with Gasteiger partial charge in [0.25, 0.3) is 0 Å². The van der Waals surface area contributed by atoms with Crippen LogP contribution in [-0.4, -0.2) is 112 Å². The molecule has 5 aromatic rings. The number of halogens is 2. The molecule has 20 nitrogen and oxygen atoms in total. The maximum atomic E-state index is 12.8. The van der Waals surface area contributed by atoms with Crippen molar-refractivity contribution in [1.82, 2.24) is 40.7 Å². The molecule has 90 heavy (non-hydrogen) atoms. The lowest BCUT2D eigenvalue weighted by Crippen LogP contribution is -2.50. The first-order valence-corrected chi connectivity index (χ1v) is 31.2. The second-order valence-corrected chi connectivity index (χ2v) is 24.1. The van der Waals surface area contributed by atoms with E-state index < -0.39 is 11.1 Å². The van der Waals surface area contributed by atoms with Crippen LogP contribution in [0.1, 0.15) is 158 Å². The fraction of sp³-hybridized carbons (Fsp3) is 0.471. The van der Waals surface area contributed by atoms with E-state index in [0.29, 0.717) is 86.4 Å². The number of aromatic nitrogens is 3. The van der Waals surface area contributed by atoms with Gasteiger partial charge >= 0.3 is 0 Å². The van der Waals surface area contributed by atoms with Crippen molar-refractivity contribution in [3.05, 3.63) is 129 Å². The van der Waals surface area contributed by atoms with Gasteiger partial charge in [0.2, 0.25) is 29.5 Å². The highest BCUT2D eigenvalue weighted by Crippen LogP contribution is 2.38. The SMILES string of the molecule is C.C.CCCOc1c(CN(C)C(=O)/C=C/c2cnc3c(c2)CNC2(CCCC2)C(=O)N3)cccc1OC.CCCOc1c(CN(C)C(=O)/C=C/c2cnc3c(c2)CNC2(CCCC2)C(=O)N3)cccc1OC.Cl.O=C1Nc2ncc(Br)cc2CNC12CCCC2. The average Bonchev–Trinajstić information content (AvgIpc) is 1.70. The Morgan fingerprint density at radius 2 is 0.900 bits per heavy atom. The van der Waals surface area contributed by atoms with Crippen molar-refractivity contribution in [3.8, 4) is 23.0 Å². The lowest BCUT2D eigenvalue weighted by atomic mass is 9.97. The summed E-state index contributed by atoms with van der Waals surface area (Å²) >= 11 is 3.40. The summed E-state index contributed by atoms with van der Waals surface area (Å²) < 4.78 is 23.6. The Morgan fingerprint density at radius 3 is 1.24 bits per heavy atom. The minimum atomic E-state index is -0.491. The summed E-state index contributed by atoms with van der Waals surface area (Å²) in [5, 5.41) is 19.3. The molecule has 3 aliphatic carbocycles. The van der Waals surface area contributed by atoms with Crippen molar-refractivity contribution < 1.29 is 42.9 Å².